The molecule has 0 bridgehead atoms. The van der Waals surface area contributed by atoms with Crippen LogP contribution >= 0.6 is 0 Å². The fraction of sp³-hybridized carbons (Fsp3) is 0.0769. The first-order valence-corrected chi connectivity index (χ1v) is 6.28. The third-order valence-corrected chi connectivity index (χ3v) is 3.13. The van der Waals surface area contributed by atoms with Crippen molar-refractivity contribution >= 4 is 16.8 Å². The largest absolute Gasteiger partial charge is 0.291 e. The zero-order chi connectivity index (χ0) is 14.2. The number of nitrogens with zero attached hydrogens (tertiary/aromatic N) is 7. The molecule has 0 radical (unpaired) electrons. The van der Waals surface area contributed by atoms with Gasteiger partial charge in [-0.05, 0) is 12.1 Å². The van der Waals surface area contributed by atoms with Crippen LogP contribution in [0.15, 0.2) is 47.8 Å². The highest BCUT2D eigenvalue weighted by Gasteiger charge is 2.11. The zero-order valence-corrected chi connectivity index (χ0v) is 10.8. The van der Waals surface area contributed by atoms with Gasteiger partial charge in [-0.2, -0.15) is 9.61 Å². The number of hydrogen-bond acceptors (Lipinski definition) is 6. The van der Waals surface area contributed by atoms with Crippen LogP contribution in [0.2, 0.25) is 0 Å². The molecule has 0 aromatic carbocycles. The van der Waals surface area contributed by atoms with Crippen LogP contribution in [0.3, 0.4) is 0 Å². The first-order chi connectivity index (χ1) is 10.3. The Bertz CT molecular complexity index is 990. The van der Waals surface area contributed by atoms with Crippen LogP contribution in [-0.4, -0.2) is 34.3 Å². The lowest BCUT2D eigenvalue weighted by Gasteiger charge is -2.05. The van der Waals surface area contributed by atoms with Gasteiger partial charge in [0.25, 0.3) is 5.56 Å². The summed E-state index contributed by atoms with van der Waals surface area (Å²) in [6, 6.07) is 7.24. The molecule has 0 atom stereocenters. The average Bonchev–Trinajstić information content (AvgIpc) is 3.00. The number of fused-ring (bicyclic) bond motifs is 3. The van der Waals surface area contributed by atoms with E-state index in [1.54, 1.807) is 18.5 Å². The van der Waals surface area contributed by atoms with E-state index in [-0.39, 0.29) is 11.1 Å². The Morgan fingerprint density at radius 2 is 2.00 bits per heavy atom. The minimum Gasteiger partial charge on any atom is -0.291 e. The van der Waals surface area contributed by atoms with Gasteiger partial charge in [0.05, 0.1) is 18.4 Å². The van der Waals surface area contributed by atoms with Crippen LogP contribution < -0.4 is 5.56 Å². The molecule has 0 N–H and O–H groups in total. The van der Waals surface area contributed by atoms with Gasteiger partial charge in [0.1, 0.15) is 6.33 Å². The second kappa shape index (κ2) is 4.44. The maximum Gasteiger partial charge on any atom is 0.283 e. The third-order valence-electron chi connectivity index (χ3n) is 3.13. The minimum atomic E-state index is -0.268. The van der Waals surface area contributed by atoms with Crippen LogP contribution in [-0.2, 0) is 6.54 Å². The van der Waals surface area contributed by atoms with Crippen molar-refractivity contribution in [3.63, 3.8) is 0 Å². The van der Waals surface area contributed by atoms with Gasteiger partial charge < -0.3 is 0 Å². The second-order valence-corrected chi connectivity index (χ2v) is 4.47. The topological polar surface area (TPSA) is 90.9 Å². The molecule has 4 aromatic rings. The molecule has 21 heavy (non-hydrogen) atoms. The second-order valence-electron chi connectivity index (χ2n) is 4.47. The van der Waals surface area contributed by atoms with E-state index in [1.165, 1.54) is 15.4 Å². The van der Waals surface area contributed by atoms with Gasteiger partial charge in [-0.15, -0.1) is 10.2 Å². The van der Waals surface area contributed by atoms with Crippen molar-refractivity contribution in [2.24, 2.45) is 0 Å². The van der Waals surface area contributed by atoms with Gasteiger partial charge in [-0.1, -0.05) is 6.07 Å². The molecule has 102 valence electrons. The summed E-state index contributed by atoms with van der Waals surface area (Å²) in [5.41, 5.74) is 1.64. The summed E-state index contributed by atoms with van der Waals surface area (Å²) in [5.74, 6) is 0. The molecule has 0 spiro atoms. The smallest absolute Gasteiger partial charge is 0.283 e. The van der Waals surface area contributed by atoms with Crippen molar-refractivity contribution in [2.75, 3.05) is 0 Å². The zero-order valence-electron chi connectivity index (χ0n) is 10.8. The summed E-state index contributed by atoms with van der Waals surface area (Å²) in [6.07, 6.45) is 4.74. The van der Waals surface area contributed by atoms with Gasteiger partial charge in [0.15, 0.2) is 16.8 Å². The van der Waals surface area contributed by atoms with E-state index in [9.17, 15) is 4.79 Å². The Labute approximate surface area is 117 Å². The lowest BCUT2D eigenvalue weighted by molar-refractivity contribution is 0.720. The van der Waals surface area contributed by atoms with Gasteiger partial charge in [0, 0.05) is 12.3 Å². The summed E-state index contributed by atoms with van der Waals surface area (Å²) >= 11 is 0. The fourth-order valence-electron chi connectivity index (χ4n) is 2.13. The predicted octanol–water partition coefficient (Wildman–Crippen LogP) is 0.277. The standard InChI is InChI=1S/C13H9N7O/c21-13-11-12(20-10(17-18-11)4-6-16-20)15-8-19(13)7-9-3-1-2-5-14-9/h1-6,8H,7H2. The molecule has 0 amide bonds. The molecular weight excluding hydrogens is 270 g/mol. The molecule has 0 aliphatic carbocycles. The van der Waals surface area contributed by atoms with Crippen molar-refractivity contribution < 1.29 is 0 Å². The van der Waals surface area contributed by atoms with Crippen LogP contribution in [0.5, 0.6) is 0 Å². The number of aromatic nitrogens is 7. The van der Waals surface area contributed by atoms with E-state index in [0.717, 1.165) is 5.69 Å². The van der Waals surface area contributed by atoms with Crippen LogP contribution in [0.25, 0.3) is 16.8 Å². The first-order valence-electron chi connectivity index (χ1n) is 6.28. The maximum absolute atomic E-state index is 12.4. The van der Waals surface area contributed by atoms with E-state index < -0.39 is 0 Å². The molecule has 8 nitrogen and oxygen atoms in total. The summed E-state index contributed by atoms with van der Waals surface area (Å²) in [4.78, 5) is 20.9. The molecule has 8 heteroatoms. The van der Waals surface area contributed by atoms with Gasteiger partial charge in [0.2, 0.25) is 0 Å². The highest BCUT2D eigenvalue weighted by Crippen LogP contribution is 2.05. The quantitative estimate of drug-likeness (QED) is 0.523. The normalized spacial score (nSPS) is 11.2. The summed E-state index contributed by atoms with van der Waals surface area (Å²) < 4.78 is 2.95. The maximum atomic E-state index is 12.4. The summed E-state index contributed by atoms with van der Waals surface area (Å²) in [5, 5.41) is 12.0. The molecule has 0 unspecified atom stereocenters. The molecule has 4 aromatic heterocycles. The van der Waals surface area contributed by atoms with Crippen molar-refractivity contribution in [3.05, 3.63) is 59.0 Å². The summed E-state index contributed by atoms with van der Waals surface area (Å²) in [6.45, 7) is 0.335. The molecule has 0 fully saturated rings. The Hall–Kier alpha value is -3.16. The monoisotopic (exact) mass is 279 g/mol. The molecule has 0 saturated heterocycles. The number of rotatable bonds is 2. The first kappa shape index (κ1) is 11.6. The van der Waals surface area contributed by atoms with Gasteiger partial charge >= 0.3 is 0 Å². The Morgan fingerprint density at radius 3 is 2.86 bits per heavy atom. The average molecular weight is 279 g/mol. The Balaban J connectivity index is 1.90. The highest BCUT2D eigenvalue weighted by atomic mass is 16.1. The van der Waals surface area contributed by atoms with Crippen LogP contribution in [0, 0.1) is 0 Å². The number of pyridine rings is 1. The van der Waals surface area contributed by atoms with Crippen molar-refractivity contribution in [2.45, 2.75) is 6.54 Å². The molecule has 4 rings (SSSR count). The Morgan fingerprint density at radius 1 is 1.05 bits per heavy atom. The van der Waals surface area contributed by atoms with Crippen LogP contribution in [0.1, 0.15) is 5.69 Å². The minimum absolute atomic E-state index is 0.185. The molecular formula is C13H9N7O. The van der Waals surface area contributed by atoms with Gasteiger partial charge in [-0.25, -0.2) is 4.98 Å². The molecule has 0 aliphatic heterocycles. The Kier molecular flexibility index (Phi) is 2.46. The third kappa shape index (κ3) is 1.84. The number of hydrogen-bond donors (Lipinski definition) is 0. The lowest BCUT2D eigenvalue weighted by Crippen LogP contribution is -2.23. The van der Waals surface area contributed by atoms with Gasteiger partial charge in [-0.3, -0.25) is 14.3 Å². The van der Waals surface area contributed by atoms with E-state index in [2.05, 4.69) is 25.3 Å². The summed E-state index contributed by atoms with van der Waals surface area (Å²) in [7, 11) is 0. The highest BCUT2D eigenvalue weighted by molar-refractivity contribution is 5.70. The predicted molar refractivity (Wildman–Crippen MR) is 73.7 cm³/mol. The van der Waals surface area contributed by atoms with Crippen molar-refractivity contribution in [1.82, 2.24) is 34.3 Å². The van der Waals surface area contributed by atoms with Crippen molar-refractivity contribution in [1.29, 1.82) is 0 Å². The van der Waals surface area contributed by atoms with Crippen molar-refractivity contribution in [3.8, 4) is 0 Å². The molecule has 0 aliphatic rings. The van der Waals surface area contributed by atoms with Crippen LogP contribution in [0.4, 0.5) is 0 Å². The fourth-order valence-corrected chi connectivity index (χ4v) is 2.13. The lowest BCUT2D eigenvalue weighted by atomic mass is 10.3. The molecule has 4 heterocycles. The van der Waals surface area contributed by atoms with E-state index in [1.807, 2.05) is 18.2 Å². The molecule has 0 saturated carbocycles. The SMILES string of the molecule is O=c1c2nnc3ccnn3c2ncn1Cc1ccccn1. The van der Waals surface area contributed by atoms with E-state index in [4.69, 9.17) is 0 Å². The van der Waals surface area contributed by atoms with E-state index in [0.29, 0.717) is 17.8 Å². The van der Waals surface area contributed by atoms with E-state index >= 15 is 0 Å².